The quantitative estimate of drug-likeness (QED) is 0.0111. The van der Waals surface area contributed by atoms with Crippen LogP contribution in [0.2, 0.25) is 10.6 Å². The number of carbonyl (C=O) groups is 5. The highest BCUT2D eigenvalue weighted by atomic mass is 35.5. The van der Waals surface area contributed by atoms with Gasteiger partial charge in [-0.25, -0.2) is 24.9 Å². The monoisotopic (exact) mass is 2040 g/mol. The number of nitrogens with zero attached hydrogens (tertiary/aromatic N) is 9. The lowest BCUT2D eigenvalue weighted by atomic mass is 9.78. The minimum Gasteiger partial charge on any atom is -0.755 e. The Kier molecular flexibility index (Phi) is 39.7. The fraction of sp³-hybridized carbons (Fsp3) is 0.260. The number of nitrogens with two attached hydrogens (primary N) is 1. The summed E-state index contributed by atoms with van der Waals surface area (Å²) in [6.07, 6.45) is -18.6. The van der Waals surface area contributed by atoms with Crippen molar-refractivity contribution in [1.82, 2.24) is 29.9 Å². The largest absolute Gasteiger partial charge is 0.755 e. The number of aliphatic carboxylic acids is 1. The maximum Gasteiger partial charge on any atom is 0.573 e. The molecule has 12 rings (SSSR count). The van der Waals surface area contributed by atoms with Gasteiger partial charge in [-0.05, 0) is 263 Å². The van der Waals surface area contributed by atoms with Crippen LogP contribution < -0.4 is 54.2 Å². The number of Topliss-reactive ketones (excluding diaryl/α,β-unsaturated/α-hetero) is 2. The zero-order valence-electron chi connectivity index (χ0n) is 77.0. The fourth-order valence-electron chi connectivity index (χ4n) is 12.2. The van der Waals surface area contributed by atoms with Gasteiger partial charge in [-0.2, -0.15) is 4.98 Å². The number of hydrogen-bond donors (Lipinski definition) is 4. The summed E-state index contributed by atoms with van der Waals surface area (Å²) in [5.41, 5.74) is 10.4. The summed E-state index contributed by atoms with van der Waals surface area (Å²) < 4.78 is 233. The first-order valence-electron chi connectivity index (χ1n) is 41.1. The molecule has 141 heavy (non-hydrogen) atoms. The molecule has 0 aliphatic carbocycles. The molecule has 1 unspecified atom stereocenters. The zero-order valence-corrected chi connectivity index (χ0v) is 79.3. The number of esters is 2. The van der Waals surface area contributed by atoms with Gasteiger partial charge >= 0.3 is 49.7 Å². The summed E-state index contributed by atoms with van der Waals surface area (Å²) in [7, 11) is 8.07. The molecule has 0 amide bonds. The Hall–Kier alpha value is -14.6. The Morgan fingerprint density at radius 1 is 0.390 bits per heavy atom. The van der Waals surface area contributed by atoms with Gasteiger partial charge in [0.2, 0.25) is 16.5 Å². The van der Waals surface area contributed by atoms with Crippen LogP contribution in [0.1, 0.15) is 94.3 Å². The van der Waals surface area contributed by atoms with Gasteiger partial charge in [-0.15, -0.1) is 65.9 Å². The van der Waals surface area contributed by atoms with Gasteiger partial charge < -0.3 is 73.3 Å². The van der Waals surface area contributed by atoms with Gasteiger partial charge in [0.15, 0.2) is 0 Å². The topological polar surface area (TPSA) is 347 Å². The molecule has 12 aromatic rings. The number of halogens is 17. The third-order valence-electron chi connectivity index (χ3n) is 20.5. The van der Waals surface area contributed by atoms with E-state index < -0.39 is 82.6 Å². The van der Waals surface area contributed by atoms with Gasteiger partial charge in [0.1, 0.15) is 57.8 Å². The normalized spacial score (nSPS) is 11.8. The lowest BCUT2D eigenvalue weighted by Crippen LogP contribution is -2.30. The van der Waals surface area contributed by atoms with Crippen molar-refractivity contribution in [2.75, 3.05) is 65.8 Å². The molecule has 0 fully saturated rings. The number of carboxylic acid groups (broad SMARTS) is 1. The van der Waals surface area contributed by atoms with E-state index in [0.717, 1.165) is 76.1 Å². The molecule has 0 spiro atoms. The number of alkyl halides is 15. The molecule has 45 heteroatoms. The van der Waals surface area contributed by atoms with Gasteiger partial charge in [0.25, 0.3) is 0 Å². The Bertz CT molecular complexity index is 6150. The number of ether oxygens (including phenoxy) is 7. The van der Waals surface area contributed by atoms with Crippen molar-refractivity contribution in [3.05, 3.63) is 305 Å². The van der Waals surface area contributed by atoms with Crippen molar-refractivity contribution in [1.29, 1.82) is 0 Å². The van der Waals surface area contributed by atoms with Gasteiger partial charge in [-0.3, -0.25) is 28.2 Å². The third-order valence-corrected chi connectivity index (χ3v) is 21.2. The second kappa shape index (κ2) is 49.3. The SMILES string of the molecule is CC(C)(C(=O)O)c1ccc(OC(F)(F)F)cc1.CN(c1ccc(CC(=O)C(C)(C)c2ccc(OC(F)(F)F)cc2)cc1)c1ccnc(Cl)n1.CN(c1ccc(CC(=O)C(C)(C)c2ccc(OC(F)(F)F)cc2)cc1)c1ccnc(Nc2cccc(NS(=O)[O-])c2)n1.CN(c1ccc(N)cc1)c1ccnc(Cl)n1.COC(=O)C(C)(C)c1ccc(OC(F)(F)F)cc1.COC(=O)Cc1ccc(OC(F)(F)F)cc1. The van der Waals surface area contributed by atoms with Crippen molar-refractivity contribution in [2.45, 2.75) is 128 Å². The van der Waals surface area contributed by atoms with E-state index in [-0.39, 0.29) is 70.1 Å². The van der Waals surface area contributed by atoms with Crippen LogP contribution in [-0.2, 0) is 85.6 Å². The fourth-order valence-corrected chi connectivity index (χ4v) is 12.9. The molecule has 752 valence electrons. The molecule has 27 nitrogen and oxygen atoms in total. The summed E-state index contributed by atoms with van der Waals surface area (Å²) in [4.78, 5) is 89.8. The molecule has 0 aliphatic rings. The number of ketones is 2. The number of nitrogen functional groups attached to an aromatic ring is 1. The first kappa shape index (κ1) is 113. The van der Waals surface area contributed by atoms with E-state index in [1.165, 1.54) is 113 Å². The molecule has 0 saturated heterocycles. The Morgan fingerprint density at radius 2 is 0.681 bits per heavy atom. The summed E-state index contributed by atoms with van der Waals surface area (Å²) in [6, 6.07) is 59.9. The number of carboxylic acids is 1. The first-order chi connectivity index (χ1) is 65.6. The molecule has 0 aliphatic heterocycles. The highest BCUT2D eigenvalue weighted by molar-refractivity contribution is 7.80. The second-order valence-corrected chi connectivity index (χ2v) is 33.3. The van der Waals surface area contributed by atoms with E-state index in [9.17, 15) is 98.6 Å². The lowest BCUT2D eigenvalue weighted by Gasteiger charge is -2.24. The van der Waals surface area contributed by atoms with Crippen molar-refractivity contribution in [3.63, 3.8) is 0 Å². The van der Waals surface area contributed by atoms with E-state index in [1.807, 2.05) is 109 Å². The molecular weight excluding hydrogens is 1950 g/mol. The minimum absolute atomic E-state index is 0.0167. The number of aromatic nitrogens is 6. The number of carbonyl (C=O) groups excluding carboxylic acids is 4. The molecular formula is C96H92Cl2F15N12O15S-. The molecule has 5 N–H and O–H groups in total. The van der Waals surface area contributed by atoms with Crippen LogP contribution in [0.15, 0.2) is 255 Å². The van der Waals surface area contributed by atoms with Crippen LogP contribution in [0.3, 0.4) is 0 Å². The number of anilines is 10. The second-order valence-electron chi connectivity index (χ2n) is 32.0. The average molecular weight is 2040 g/mol. The van der Waals surface area contributed by atoms with Crippen molar-refractivity contribution >= 4 is 121 Å². The molecule has 9 aromatic carbocycles. The Morgan fingerprint density at radius 3 is 0.993 bits per heavy atom. The lowest BCUT2D eigenvalue weighted by molar-refractivity contribution is -0.275. The third kappa shape index (κ3) is 37.3. The smallest absolute Gasteiger partial charge is 0.573 e. The highest BCUT2D eigenvalue weighted by Crippen LogP contribution is 2.37. The minimum atomic E-state index is -4.78. The van der Waals surface area contributed by atoms with E-state index in [1.54, 1.807) is 103 Å². The van der Waals surface area contributed by atoms with E-state index in [0.29, 0.717) is 56.8 Å². The molecule has 0 saturated carbocycles. The van der Waals surface area contributed by atoms with Crippen molar-refractivity contribution in [3.8, 4) is 28.7 Å². The highest BCUT2D eigenvalue weighted by Gasteiger charge is 2.39. The standard InChI is InChI=1S/C29H28F3N5O4S.C23H21ClF3N3O2.C12H13F3O3.C11H11ClN4.C11H11F3O3.C10H9F3O3/c1-28(2,20-9-13-24(14-10-20)41-29(30,31)32)25(38)17-19-7-11-23(12-8-19)37(3)26-15-16-33-27(35-26)34-21-5-4-6-22(18-21)36-42(39)40;1-22(2,16-6-10-18(11-7-16)32-23(25,26)27)19(31)14-15-4-8-17(9-5-15)30(3)20-12-13-28-21(24)29-20;1-11(2,10(16)17-3)8-4-6-9(7-5-8)18-12(13,14)15;1-16(9-4-2-8(13)3-5-9)10-6-7-14-11(12)15-10;1-10(2,9(15)16)7-3-5-8(6-4-7)17-11(12,13)14;1-15-9(14)6-7-2-4-8(5-3-7)16-10(11,12)13/h4-16,18,36H,17H2,1-3H3,(H,39,40)(H,33,34,35);4-13H,14H2,1-3H3;4-7H,1-3H3;2-7H,13H2,1H3;3-6H,1-2H3,(H,15,16);2-5H,6H2,1H3/p-1. The molecule has 1 atom stereocenters. The van der Waals surface area contributed by atoms with Crippen LogP contribution >= 0.6 is 23.2 Å². The Balaban J connectivity index is 0.000000241. The van der Waals surface area contributed by atoms with Gasteiger partial charge in [0, 0.05) is 109 Å². The molecule has 3 aromatic heterocycles. The van der Waals surface area contributed by atoms with Gasteiger partial charge in [-0.1, -0.05) is 91.0 Å². The Labute approximate surface area is 811 Å². The zero-order chi connectivity index (χ0) is 105. The number of rotatable bonds is 29. The van der Waals surface area contributed by atoms with Crippen LogP contribution in [0.5, 0.6) is 28.7 Å². The maximum atomic E-state index is 13.2. The predicted octanol–water partition coefficient (Wildman–Crippen LogP) is 22.8. The molecule has 0 radical (unpaired) electrons. The number of methoxy groups -OCH3 is 2. The van der Waals surface area contributed by atoms with Gasteiger partial charge in [0.05, 0.1) is 31.5 Å². The first-order valence-corrected chi connectivity index (χ1v) is 43.0. The van der Waals surface area contributed by atoms with Crippen LogP contribution in [0, 0.1) is 0 Å². The predicted molar refractivity (Wildman–Crippen MR) is 497 cm³/mol. The maximum absolute atomic E-state index is 13.2. The van der Waals surface area contributed by atoms with E-state index in [4.69, 9.17) is 34.0 Å². The molecule has 0 bridgehead atoms. The summed E-state index contributed by atoms with van der Waals surface area (Å²) in [5.74, 6) is -1.55. The average Bonchev–Trinajstić information content (AvgIpc) is 0.813. The number of benzene rings is 9. The number of nitrogens with one attached hydrogen (secondary N) is 2. The summed E-state index contributed by atoms with van der Waals surface area (Å²) in [6.45, 7) is 13.1. The van der Waals surface area contributed by atoms with E-state index >= 15 is 0 Å². The van der Waals surface area contributed by atoms with Crippen LogP contribution in [0.4, 0.5) is 123 Å². The van der Waals surface area contributed by atoms with E-state index in [2.05, 4.69) is 73.1 Å². The molecule has 3 heterocycles. The van der Waals surface area contributed by atoms with Crippen LogP contribution in [-0.4, -0.2) is 140 Å². The number of hydrogen-bond acceptors (Lipinski definition) is 25. The van der Waals surface area contributed by atoms with Crippen molar-refractivity contribution in [2.24, 2.45) is 0 Å². The van der Waals surface area contributed by atoms with Crippen molar-refractivity contribution < 1.29 is 137 Å². The summed E-state index contributed by atoms with van der Waals surface area (Å²) in [5, 5.41) is 12.4. The van der Waals surface area contributed by atoms with Crippen LogP contribution in [0.25, 0.3) is 0 Å². The summed E-state index contributed by atoms with van der Waals surface area (Å²) >= 11 is 9.13.